The van der Waals surface area contributed by atoms with E-state index in [0.29, 0.717) is 18.0 Å². The number of aromatic nitrogens is 4. The molecular formula is C24H23F2N6O2W-. The van der Waals surface area contributed by atoms with Gasteiger partial charge in [-0.15, -0.1) is 12.1 Å². The topological polar surface area (TPSA) is 97.9 Å². The second kappa shape index (κ2) is 12.4. The first-order valence-electron chi connectivity index (χ1n) is 10.7. The molecule has 1 fully saturated rings. The van der Waals surface area contributed by atoms with Crippen LogP contribution in [0.3, 0.4) is 0 Å². The Balaban J connectivity index is 0.000000190. The monoisotopic (exact) mass is 649 g/mol. The molecule has 1 amide bonds. The fourth-order valence-electron chi connectivity index (χ4n) is 3.10. The van der Waals surface area contributed by atoms with Crippen LogP contribution >= 0.6 is 0 Å². The van der Waals surface area contributed by atoms with Gasteiger partial charge in [-0.2, -0.15) is 23.3 Å². The summed E-state index contributed by atoms with van der Waals surface area (Å²) >= 11 is 0. The van der Waals surface area contributed by atoms with Gasteiger partial charge in [-0.1, -0.05) is 0 Å². The number of oxazole rings is 1. The minimum Gasteiger partial charge on any atom is -0.444 e. The van der Waals surface area contributed by atoms with Crippen molar-refractivity contribution in [1.29, 1.82) is 0 Å². The standard InChI is InChI=1S/C13H15N3O.C11H8F2N3O.W/c1-9-8-17-13(16-9)11-4-5-14-12(6-11)15-7-10-2-3-10;12-11(13)10-9(14-7-17)6-16(15-10)8-4-2-1-3-5-8;/h4-6,8,10H,2-3,7H2,1H3,(H,14,15);2-7,11H,(H,14,17);/q;-1;. The first-order chi connectivity index (χ1) is 16.5. The van der Waals surface area contributed by atoms with Gasteiger partial charge < -0.3 is 15.1 Å². The zero-order chi connectivity index (χ0) is 23.9. The Bertz CT molecular complexity index is 1230. The van der Waals surface area contributed by atoms with Gasteiger partial charge in [0.25, 0.3) is 6.43 Å². The Hall–Kier alpha value is -3.39. The normalized spacial score (nSPS) is 12.3. The molecule has 1 aromatic carbocycles. The van der Waals surface area contributed by atoms with E-state index < -0.39 is 12.1 Å². The molecule has 3 aromatic heterocycles. The number of amides is 1. The van der Waals surface area contributed by atoms with E-state index in [1.807, 2.05) is 19.1 Å². The van der Waals surface area contributed by atoms with Gasteiger partial charge in [-0.05, 0) is 43.5 Å². The van der Waals surface area contributed by atoms with Crippen molar-refractivity contribution in [3.8, 4) is 17.1 Å². The van der Waals surface area contributed by atoms with E-state index in [1.54, 1.807) is 36.7 Å². The molecule has 1 aliphatic carbocycles. The summed E-state index contributed by atoms with van der Waals surface area (Å²) in [7, 11) is 0. The van der Waals surface area contributed by atoms with Gasteiger partial charge in [0.15, 0.2) is 5.69 Å². The number of rotatable bonds is 8. The van der Waals surface area contributed by atoms with Gasteiger partial charge >= 0.3 is 0 Å². The minimum absolute atomic E-state index is 0. The molecule has 0 radical (unpaired) electrons. The summed E-state index contributed by atoms with van der Waals surface area (Å²) < 4.78 is 31.9. The van der Waals surface area contributed by atoms with Crippen LogP contribution in [0.15, 0.2) is 59.5 Å². The predicted molar refractivity (Wildman–Crippen MR) is 123 cm³/mol. The van der Waals surface area contributed by atoms with Crippen LogP contribution in [-0.4, -0.2) is 32.7 Å². The van der Waals surface area contributed by atoms with Crippen molar-refractivity contribution in [3.63, 3.8) is 0 Å². The van der Waals surface area contributed by atoms with E-state index >= 15 is 0 Å². The van der Waals surface area contributed by atoms with E-state index in [4.69, 9.17) is 4.42 Å². The van der Waals surface area contributed by atoms with E-state index in [-0.39, 0.29) is 26.8 Å². The fraction of sp³-hybridized carbons (Fsp3) is 0.250. The first-order valence-corrected chi connectivity index (χ1v) is 10.7. The molecule has 0 unspecified atom stereocenters. The van der Waals surface area contributed by atoms with Gasteiger partial charge in [0.05, 0.1) is 17.6 Å². The third kappa shape index (κ3) is 7.29. The van der Waals surface area contributed by atoms with Gasteiger partial charge in [0.1, 0.15) is 12.1 Å². The summed E-state index contributed by atoms with van der Waals surface area (Å²) in [5.74, 6) is 2.38. The van der Waals surface area contributed by atoms with Crippen LogP contribution in [0.2, 0.25) is 0 Å². The zero-order valence-electron chi connectivity index (χ0n) is 18.8. The summed E-state index contributed by atoms with van der Waals surface area (Å²) in [6, 6.07) is 13.3. The van der Waals surface area contributed by atoms with Crippen molar-refractivity contribution in [2.45, 2.75) is 26.2 Å². The molecule has 4 aromatic rings. The van der Waals surface area contributed by atoms with E-state index in [1.165, 1.54) is 23.7 Å². The smallest absolute Gasteiger partial charge is 0.284 e. The molecule has 0 aliphatic heterocycles. The molecule has 0 spiro atoms. The molecule has 1 saturated carbocycles. The Morgan fingerprint density at radius 3 is 2.69 bits per heavy atom. The van der Waals surface area contributed by atoms with Crippen LogP contribution in [0, 0.1) is 18.9 Å². The van der Waals surface area contributed by atoms with Gasteiger partial charge in [-0.25, -0.2) is 18.7 Å². The van der Waals surface area contributed by atoms with Crippen LogP contribution in [0.5, 0.6) is 0 Å². The Morgan fingerprint density at radius 1 is 1.29 bits per heavy atom. The summed E-state index contributed by atoms with van der Waals surface area (Å²) in [4.78, 5) is 18.9. The maximum Gasteiger partial charge on any atom is 0.284 e. The number of hydrogen-bond acceptors (Lipinski definition) is 6. The third-order valence-corrected chi connectivity index (χ3v) is 5.02. The SMILES string of the molecule is Cc1coc(-c2ccnc(NCC3CC3)c2)n1.O=CNc1cn(-c2cc[c-]cc2)nc1C(F)F.[W]. The minimum atomic E-state index is -2.74. The number of anilines is 2. The average molecular weight is 649 g/mol. The Kier molecular flexibility index (Phi) is 9.25. The van der Waals surface area contributed by atoms with Crippen LogP contribution in [-0.2, 0) is 25.9 Å². The summed E-state index contributed by atoms with van der Waals surface area (Å²) in [6.07, 6.45) is 5.06. The van der Waals surface area contributed by atoms with Crippen molar-refractivity contribution in [2.24, 2.45) is 5.92 Å². The second-order valence-electron chi connectivity index (χ2n) is 7.74. The van der Waals surface area contributed by atoms with Crippen molar-refractivity contribution < 1.29 is 39.1 Å². The number of benzene rings is 1. The zero-order valence-corrected chi connectivity index (χ0v) is 21.8. The van der Waals surface area contributed by atoms with Crippen molar-refractivity contribution in [1.82, 2.24) is 19.7 Å². The molecule has 5 rings (SSSR count). The number of nitrogens with one attached hydrogen (secondary N) is 2. The molecule has 35 heavy (non-hydrogen) atoms. The van der Waals surface area contributed by atoms with Crippen LogP contribution in [0.25, 0.3) is 17.1 Å². The van der Waals surface area contributed by atoms with Crippen LogP contribution in [0.1, 0.15) is 30.7 Å². The van der Waals surface area contributed by atoms with Crippen molar-refractivity contribution >= 4 is 17.9 Å². The van der Waals surface area contributed by atoms with Crippen molar-refractivity contribution in [3.05, 3.63) is 72.5 Å². The maximum atomic E-state index is 12.6. The molecule has 182 valence electrons. The third-order valence-electron chi connectivity index (χ3n) is 5.02. The maximum absolute atomic E-state index is 12.6. The molecule has 8 nitrogen and oxygen atoms in total. The van der Waals surface area contributed by atoms with Gasteiger partial charge in [0, 0.05) is 39.4 Å². The number of alkyl halides is 2. The summed E-state index contributed by atoms with van der Waals surface area (Å²) in [5.41, 5.74) is 2.02. The van der Waals surface area contributed by atoms with Crippen LogP contribution < -0.4 is 10.6 Å². The Labute approximate surface area is 215 Å². The number of halogens is 2. The second-order valence-corrected chi connectivity index (χ2v) is 7.74. The quantitative estimate of drug-likeness (QED) is 0.205. The number of carbonyl (C=O) groups is 1. The average Bonchev–Trinajstić information content (AvgIpc) is 3.42. The van der Waals surface area contributed by atoms with E-state index in [2.05, 4.69) is 31.8 Å². The Morgan fingerprint density at radius 2 is 2.06 bits per heavy atom. The molecular weight excluding hydrogens is 626 g/mol. The molecule has 3 heterocycles. The molecule has 11 heteroatoms. The largest absolute Gasteiger partial charge is 0.444 e. The van der Waals surface area contributed by atoms with E-state index in [9.17, 15) is 13.6 Å². The number of carbonyl (C=O) groups excluding carboxylic acids is 1. The molecule has 1 aliphatic rings. The van der Waals surface area contributed by atoms with Gasteiger partial charge in [0.2, 0.25) is 12.3 Å². The van der Waals surface area contributed by atoms with E-state index in [0.717, 1.165) is 29.5 Å². The number of pyridine rings is 1. The molecule has 0 atom stereocenters. The first kappa shape index (κ1) is 26.2. The number of aryl methyl sites for hydroxylation is 1. The predicted octanol–water partition coefficient (Wildman–Crippen LogP) is 5.04. The fourth-order valence-corrected chi connectivity index (χ4v) is 3.10. The van der Waals surface area contributed by atoms with Crippen LogP contribution in [0.4, 0.5) is 20.3 Å². The van der Waals surface area contributed by atoms with Gasteiger partial charge in [-0.3, -0.25) is 9.48 Å². The molecule has 0 bridgehead atoms. The number of nitrogens with zero attached hydrogens (tertiary/aromatic N) is 4. The number of hydrogen-bond donors (Lipinski definition) is 2. The summed E-state index contributed by atoms with van der Waals surface area (Å²) in [6.45, 7) is 2.93. The molecule has 0 saturated heterocycles. The summed E-state index contributed by atoms with van der Waals surface area (Å²) in [5, 5.41) is 9.27. The van der Waals surface area contributed by atoms with Crippen molar-refractivity contribution in [2.75, 3.05) is 17.2 Å². The molecule has 2 N–H and O–H groups in total.